The van der Waals surface area contributed by atoms with Gasteiger partial charge < -0.3 is 5.11 Å². The van der Waals surface area contributed by atoms with Gasteiger partial charge in [0.2, 0.25) is 0 Å². The van der Waals surface area contributed by atoms with Gasteiger partial charge in [0.15, 0.2) is 5.82 Å². The molecular weight excluding hydrogens is 200 g/mol. The van der Waals surface area contributed by atoms with Gasteiger partial charge in [-0.2, -0.15) is 0 Å². The molecule has 0 atom stereocenters. The molecule has 0 unspecified atom stereocenters. The summed E-state index contributed by atoms with van der Waals surface area (Å²) in [4.78, 5) is 8.36. The molecule has 0 aliphatic heterocycles. The normalized spacial score (nSPS) is 17.9. The maximum absolute atomic E-state index is 10.9. The van der Waals surface area contributed by atoms with Crippen LogP contribution in [0.25, 0.3) is 5.57 Å². The van der Waals surface area contributed by atoms with Gasteiger partial charge in [-0.25, -0.2) is 9.97 Å². The highest BCUT2D eigenvalue weighted by atomic mass is 16.3. The lowest BCUT2D eigenvalue weighted by atomic mass is 10.1. The Bertz CT molecular complexity index is 492. The molecule has 0 saturated carbocycles. The minimum Gasteiger partial charge on any atom is -0.876 e. The fourth-order valence-electron chi connectivity index (χ4n) is 1.43. The van der Waals surface area contributed by atoms with Gasteiger partial charge in [-0.05, 0) is 11.6 Å². The maximum Gasteiger partial charge on any atom is 0.159 e. The molecule has 1 aliphatic carbocycles. The summed E-state index contributed by atoms with van der Waals surface area (Å²) < 4.78 is 0. The third kappa shape index (κ3) is 2.25. The maximum atomic E-state index is 10.9. The zero-order chi connectivity index (χ0) is 11.4. The number of allylic oxidation sites excluding steroid dienone is 8. The molecule has 3 heteroatoms. The summed E-state index contributed by atoms with van der Waals surface area (Å²) in [5, 5.41) is 10.9. The van der Waals surface area contributed by atoms with Crippen molar-refractivity contribution in [1.29, 1.82) is 0 Å². The average Bonchev–Trinajstić information content (AvgIpc) is 2.75. The van der Waals surface area contributed by atoms with Crippen LogP contribution >= 0.6 is 0 Å². The molecule has 1 heterocycles. The van der Waals surface area contributed by atoms with Crippen LogP contribution in [0, 0.1) is 0 Å². The van der Waals surface area contributed by atoms with Crippen molar-refractivity contribution in [3.05, 3.63) is 66.0 Å². The first kappa shape index (κ1) is 10.4. The van der Waals surface area contributed by atoms with E-state index in [9.17, 15) is 5.11 Å². The summed E-state index contributed by atoms with van der Waals surface area (Å²) in [6.07, 6.45) is 12.5. The first-order valence-corrected chi connectivity index (χ1v) is 4.99. The third-order valence-corrected chi connectivity index (χ3v) is 2.15. The molecular formula is C13H11N2O-. The summed E-state index contributed by atoms with van der Waals surface area (Å²) in [5.74, 6) is 0.705. The van der Waals surface area contributed by atoms with Crippen LogP contribution in [0.1, 0.15) is 12.7 Å². The molecule has 2 rings (SSSR count). The monoisotopic (exact) mass is 211 g/mol. The lowest BCUT2D eigenvalue weighted by molar-refractivity contribution is -0.301. The van der Waals surface area contributed by atoms with Crippen LogP contribution in [0.5, 0.6) is 0 Å². The number of rotatable bonds is 2. The van der Waals surface area contributed by atoms with Crippen molar-refractivity contribution < 1.29 is 5.11 Å². The standard InChI is InChI=1S/C13H12N2O/c1-10(16)6-7-11-4-2-5-12(11)13-14-8-3-9-15-13/h2-9,16H,1H3/p-1/b10-6-,11-7-. The van der Waals surface area contributed by atoms with Crippen molar-refractivity contribution in [1.82, 2.24) is 9.97 Å². The molecule has 0 amide bonds. The van der Waals surface area contributed by atoms with E-state index in [1.165, 1.54) is 6.92 Å². The van der Waals surface area contributed by atoms with Gasteiger partial charge >= 0.3 is 0 Å². The Labute approximate surface area is 94.2 Å². The number of nitrogens with zero attached hydrogens (tertiary/aromatic N) is 2. The predicted molar refractivity (Wildman–Crippen MR) is 61.0 cm³/mol. The Morgan fingerprint density at radius 3 is 2.75 bits per heavy atom. The van der Waals surface area contributed by atoms with E-state index in [-0.39, 0.29) is 5.76 Å². The van der Waals surface area contributed by atoms with Crippen LogP contribution in [0.4, 0.5) is 0 Å². The summed E-state index contributed by atoms with van der Waals surface area (Å²) in [6.45, 7) is 1.53. The zero-order valence-corrected chi connectivity index (χ0v) is 8.92. The molecule has 0 saturated heterocycles. The van der Waals surface area contributed by atoms with E-state index in [2.05, 4.69) is 9.97 Å². The van der Waals surface area contributed by atoms with Gasteiger partial charge in [-0.15, -0.1) is 5.76 Å². The predicted octanol–water partition coefficient (Wildman–Crippen LogP) is 1.62. The Hall–Kier alpha value is -2.16. The van der Waals surface area contributed by atoms with Crippen LogP contribution in [0.3, 0.4) is 0 Å². The SMILES string of the molecule is C/C([O-])=C/C=C1/C=CC=C1c1ncccn1. The van der Waals surface area contributed by atoms with Gasteiger partial charge in [-0.1, -0.05) is 37.3 Å². The quantitative estimate of drug-likeness (QED) is 0.698. The lowest BCUT2D eigenvalue weighted by Gasteiger charge is -2.04. The van der Waals surface area contributed by atoms with E-state index in [0.717, 1.165) is 11.1 Å². The van der Waals surface area contributed by atoms with Crippen molar-refractivity contribution >= 4 is 5.57 Å². The Balaban J connectivity index is 2.31. The molecule has 0 radical (unpaired) electrons. The Kier molecular flexibility index (Phi) is 2.96. The number of hydrogen-bond acceptors (Lipinski definition) is 3. The zero-order valence-electron chi connectivity index (χ0n) is 8.92. The number of aromatic nitrogens is 2. The Morgan fingerprint density at radius 2 is 2.06 bits per heavy atom. The minimum absolute atomic E-state index is 0.0288. The van der Waals surface area contributed by atoms with Crippen molar-refractivity contribution in [3.63, 3.8) is 0 Å². The van der Waals surface area contributed by atoms with Gasteiger partial charge in [0, 0.05) is 18.0 Å². The van der Waals surface area contributed by atoms with E-state index in [4.69, 9.17) is 0 Å². The largest absolute Gasteiger partial charge is 0.876 e. The van der Waals surface area contributed by atoms with Crippen molar-refractivity contribution in [2.24, 2.45) is 0 Å². The van der Waals surface area contributed by atoms with Crippen molar-refractivity contribution in [3.8, 4) is 0 Å². The molecule has 0 N–H and O–H groups in total. The first-order chi connectivity index (χ1) is 7.77. The topological polar surface area (TPSA) is 48.8 Å². The van der Waals surface area contributed by atoms with Crippen LogP contribution in [0.15, 0.2) is 60.2 Å². The van der Waals surface area contributed by atoms with Crippen LogP contribution in [0.2, 0.25) is 0 Å². The van der Waals surface area contributed by atoms with E-state index >= 15 is 0 Å². The third-order valence-electron chi connectivity index (χ3n) is 2.15. The van der Waals surface area contributed by atoms with Crippen molar-refractivity contribution in [2.45, 2.75) is 6.92 Å². The second kappa shape index (κ2) is 4.57. The lowest BCUT2D eigenvalue weighted by Crippen LogP contribution is -1.97. The van der Waals surface area contributed by atoms with Gasteiger partial charge in [-0.3, -0.25) is 0 Å². The Morgan fingerprint density at radius 1 is 1.31 bits per heavy atom. The molecule has 0 fully saturated rings. The second-order valence-electron chi connectivity index (χ2n) is 3.41. The molecule has 16 heavy (non-hydrogen) atoms. The fourth-order valence-corrected chi connectivity index (χ4v) is 1.43. The average molecular weight is 211 g/mol. The molecule has 0 bridgehead atoms. The van der Waals surface area contributed by atoms with E-state index in [0.29, 0.717) is 5.82 Å². The molecule has 1 aromatic rings. The fraction of sp³-hybridized carbons (Fsp3) is 0.0769. The molecule has 1 aromatic heterocycles. The highest BCUT2D eigenvalue weighted by molar-refractivity contribution is 5.83. The summed E-state index contributed by atoms with van der Waals surface area (Å²) >= 11 is 0. The first-order valence-electron chi connectivity index (χ1n) is 4.99. The van der Waals surface area contributed by atoms with Gasteiger partial charge in [0.25, 0.3) is 0 Å². The summed E-state index contributed by atoms with van der Waals surface area (Å²) in [7, 11) is 0. The van der Waals surface area contributed by atoms with E-state index < -0.39 is 0 Å². The van der Waals surface area contributed by atoms with Crippen molar-refractivity contribution in [2.75, 3.05) is 0 Å². The van der Waals surface area contributed by atoms with Crippen LogP contribution < -0.4 is 5.11 Å². The smallest absolute Gasteiger partial charge is 0.159 e. The van der Waals surface area contributed by atoms with Crippen LogP contribution in [-0.2, 0) is 0 Å². The summed E-state index contributed by atoms with van der Waals surface area (Å²) in [6, 6.07) is 1.78. The molecule has 0 spiro atoms. The minimum atomic E-state index is 0.0288. The molecule has 0 aromatic carbocycles. The number of hydrogen-bond donors (Lipinski definition) is 0. The molecule has 1 aliphatic rings. The molecule has 3 nitrogen and oxygen atoms in total. The second-order valence-corrected chi connectivity index (χ2v) is 3.41. The molecule has 80 valence electrons. The van der Waals surface area contributed by atoms with E-state index in [1.807, 2.05) is 18.2 Å². The van der Waals surface area contributed by atoms with E-state index in [1.54, 1.807) is 30.6 Å². The summed E-state index contributed by atoms with van der Waals surface area (Å²) in [5.41, 5.74) is 1.90. The highest BCUT2D eigenvalue weighted by Crippen LogP contribution is 2.25. The van der Waals surface area contributed by atoms with Gasteiger partial charge in [0.05, 0.1) is 0 Å². The van der Waals surface area contributed by atoms with Crippen LogP contribution in [-0.4, -0.2) is 9.97 Å². The highest BCUT2D eigenvalue weighted by Gasteiger charge is 2.10. The van der Waals surface area contributed by atoms with Gasteiger partial charge in [0.1, 0.15) is 0 Å².